The van der Waals surface area contributed by atoms with Crippen molar-refractivity contribution in [2.45, 2.75) is 26.4 Å². The van der Waals surface area contributed by atoms with Crippen molar-refractivity contribution in [2.75, 3.05) is 43.9 Å². The summed E-state index contributed by atoms with van der Waals surface area (Å²) in [6.45, 7) is 6.93. The van der Waals surface area contributed by atoms with Crippen LogP contribution in [-0.4, -0.2) is 55.2 Å². The molecule has 0 saturated carbocycles. The second-order valence-electron chi connectivity index (χ2n) is 6.11. The number of hydrogen-bond acceptors (Lipinski definition) is 4. The average molecular weight is 293 g/mol. The van der Waals surface area contributed by atoms with Crippen LogP contribution < -0.4 is 10.2 Å². The van der Waals surface area contributed by atoms with E-state index in [0.717, 1.165) is 17.9 Å². The summed E-state index contributed by atoms with van der Waals surface area (Å²) in [4.78, 5) is 16.0. The zero-order valence-corrected chi connectivity index (χ0v) is 13.7. The van der Waals surface area contributed by atoms with Gasteiger partial charge < -0.3 is 15.3 Å². The van der Waals surface area contributed by atoms with Gasteiger partial charge in [-0.05, 0) is 44.7 Å². The molecular weight excluding hydrogens is 266 g/mol. The van der Waals surface area contributed by atoms with Gasteiger partial charge in [0.2, 0.25) is 5.91 Å². The Kier molecular flexibility index (Phi) is 6.18. The summed E-state index contributed by atoms with van der Waals surface area (Å²) in [6, 6.07) is 7.70. The maximum atomic E-state index is 12.0. The van der Waals surface area contributed by atoms with Crippen LogP contribution in [0, 0.1) is 0 Å². The fourth-order valence-corrected chi connectivity index (χ4v) is 2.07. The molecule has 0 aliphatic carbocycles. The Hall–Kier alpha value is -1.59. The third kappa shape index (κ3) is 6.60. The van der Waals surface area contributed by atoms with Crippen molar-refractivity contribution in [3.05, 3.63) is 24.3 Å². The third-order valence-electron chi connectivity index (χ3n) is 3.09. The molecular formula is C16H27N3O2. The quantitative estimate of drug-likeness (QED) is 0.805. The van der Waals surface area contributed by atoms with Crippen LogP contribution in [0.2, 0.25) is 0 Å². The molecule has 0 aliphatic heterocycles. The highest BCUT2D eigenvalue weighted by Crippen LogP contribution is 2.15. The lowest BCUT2D eigenvalue weighted by Gasteiger charge is -2.27. The van der Waals surface area contributed by atoms with Crippen molar-refractivity contribution >= 4 is 17.3 Å². The van der Waals surface area contributed by atoms with E-state index in [-0.39, 0.29) is 12.5 Å². The predicted octanol–water partition coefficient (Wildman–Crippen LogP) is 1.78. The summed E-state index contributed by atoms with van der Waals surface area (Å²) < 4.78 is 0. The van der Waals surface area contributed by atoms with E-state index in [2.05, 4.69) is 5.32 Å². The number of benzene rings is 1. The number of carbonyl (C=O) groups excluding carboxylic acids is 1. The second kappa shape index (κ2) is 7.43. The van der Waals surface area contributed by atoms with Gasteiger partial charge in [-0.1, -0.05) is 6.92 Å². The van der Waals surface area contributed by atoms with Crippen LogP contribution in [0.25, 0.3) is 0 Å². The summed E-state index contributed by atoms with van der Waals surface area (Å²) in [7, 11) is 3.95. The van der Waals surface area contributed by atoms with E-state index < -0.39 is 5.60 Å². The van der Waals surface area contributed by atoms with Gasteiger partial charge in [-0.3, -0.25) is 9.69 Å². The minimum atomic E-state index is -0.802. The van der Waals surface area contributed by atoms with E-state index in [1.54, 1.807) is 13.8 Å². The van der Waals surface area contributed by atoms with Gasteiger partial charge in [-0.2, -0.15) is 0 Å². The molecule has 0 fully saturated rings. The van der Waals surface area contributed by atoms with E-state index in [9.17, 15) is 9.90 Å². The fraction of sp³-hybridized carbons (Fsp3) is 0.562. The molecule has 0 heterocycles. The summed E-state index contributed by atoms with van der Waals surface area (Å²) >= 11 is 0. The summed E-state index contributed by atoms with van der Waals surface area (Å²) in [6.07, 6.45) is 0. The zero-order chi connectivity index (χ0) is 16.0. The Morgan fingerprint density at radius 3 is 2.24 bits per heavy atom. The minimum Gasteiger partial charge on any atom is -0.389 e. The van der Waals surface area contributed by atoms with Gasteiger partial charge in [0.1, 0.15) is 0 Å². The number of rotatable bonds is 7. The van der Waals surface area contributed by atoms with E-state index >= 15 is 0 Å². The largest absolute Gasteiger partial charge is 0.389 e. The molecule has 5 nitrogen and oxygen atoms in total. The van der Waals surface area contributed by atoms with Crippen molar-refractivity contribution in [1.82, 2.24) is 4.90 Å². The van der Waals surface area contributed by atoms with E-state index in [4.69, 9.17) is 0 Å². The first kappa shape index (κ1) is 17.5. The summed E-state index contributed by atoms with van der Waals surface area (Å²) in [5.74, 6) is -0.0706. The standard InChI is InChI=1S/C16H27N3O2/c1-6-19(12-16(2,3)21)11-15(20)17-13-7-9-14(10-8-13)18(4)5/h7-10,21H,6,11-12H2,1-5H3,(H,17,20). The molecule has 1 aromatic rings. The highest BCUT2D eigenvalue weighted by molar-refractivity contribution is 5.92. The van der Waals surface area contributed by atoms with Crippen LogP contribution in [0.15, 0.2) is 24.3 Å². The first-order valence-electron chi connectivity index (χ1n) is 7.23. The second-order valence-corrected chi connectivity index (χ2v) is 6.11. The lowest BCUT2D eigenvalue weighted by Crippen LogP contribution is -2.42. The van der Waals surface area contributed by atoms with Crippen LogP contribution in [0.4, 0.5) is 11.4 Å². The first-order chi connectivity index (χ1) is 9.71. The number of nitrogens with zero attached hydrogens (tertiary/aromatic N) is 2. The molecule has 0 unspecified atom stereocenters. The number of hydrogen-bond donors (Lipinski definition) is 2. The molecule has 0 radical (unpaired) electrons. The monoisotopic (exact) mass is 293 g/mol. The van der Waals surface area contributed by atoms with Gasteiger partial charge in [0.15, 0.2) is 0 Å². The zero-order valence-electron chi connectivity index (χ0n) is 13.7. The molecule has 1 amide bonds. The molecule has 0 spiro atoms. The van der Waals surface area contributed by atoms with Crippen LogP contribution in [0.3, 0.4) is 0 Å². The summed E-state index contributed by atoms with van der Waals surface area (Å²) in [5.41, 5.74) is 1.07. The van der Waals surface area contributed by atoms with Crippen molar-refractivity contribution in [3.8, 4) is 0 Å². The predicted molar refractivity (Wildman–Crippen MR) is 87.8 cm³/mol. The molecule has 2 N–H and O–H groups in total. The molecule has 1 aromatic carbocycles. The maximum absolute atomic E-state index is 12.0. The van der Waals surface area contributed by atoms with Crippen LogP contribution in [-0.2, 0) is 4.79 Å². The highest BCUT2D eigenvalue weighted by Gasteiger charge is 2.19. The van der Waals surface area contributed by atoms with Crippen molar-refractivity contribution < 1.29 is 9.90 Å². The van der Waals surface area contributed by atoms with Crippen molar-refractivity contribution in [2.24, 2.45) is 0 Å². The van der Waals surface area contributed by atoms with Gasteiger partial charge in [0, 0.05) is 32.0 Å². The Balaban J connectivity index is 2.56. The van der Waals surface area contributed by atoms with Crippen molar-refractivity contribution in [1.29, 1.82) is 0 Å². The number of anilines is 2. The summed E-state index contributed by atoms with van der Waals surface area (Å²) in [5, 5.41) is 12.7. The Morgan fingerprint density at radius 2 is 1.81 bits per heavy atom. The normalized spacial score (nSPS) is 11.6. The molecule has 21 heavy (non-hydrogen) atoms. The van der Waals surface area contributed by atoms with Crippen molar-refractivity contribution in [3.63, 3.8) is 0 Å². The average Bonchev–Trinajstić information content (AvgIpc) is 2.36. The van der Waals surface area contributed by atoms with Crippen LogP contribution in [0.5, 0.6) is 0 Å². The third-order valence-corrected chi connectivity index (χ3v) is 3.09. The number of likely N-dealkylation sites (N-methyl/N-ethyl adjacent to an activating group) is 1. The van der Waals surface area contributed by atoms with Crippen LogP contribution >= 0.6 is 0 Å². The van der Waals surface area contributed by atoms with Gasteiger partial charge >= 0.3 is 0 Å². The molecule has 118 valence electrons. The smallest absolute Gasteiger partial charge is 0.238 e. The molecule has 0 atom stereocenters. The van der Waals surface area contributed by atoms with Gasteiger partial charge in [-0.15, -0.1) is 0 Å². The van der Waals surface area contributed by atoms with Crippen LogP contribution in [0.1, 0.15) is 20.8 Å². The van der Waals surface area contributed by atoms with Gasteiger partial charge in [0.25, 0.3) is 0 Å². The number of aliphatic hydroxyl groups is 1. The highest BCUT2D eigenvalue weighted by atomic mass is 16.3. The molecule has 0 saturated heterocycles. The lowest BCUT2D eigenvalue weighted by atomic mass is 10.1. The minimum absolute atomic E-state index is 0.0706. The maximum Gasteiger partial charge on any atom is 0.238 e. The molecule has 0 aliphatic rings. The van der Waals surface area contributed by atoms with E-state index in [0.29, 0.717) is 6.54 Å². The molecule has 0 bridgehead atoms. The SMILES string of the molecule is CCN(CC(=O)Nc1ccc(N(C)C)cc1)CC(C)(C)O. The Bertz CT molecular complexity index is 450. The molecule has 1 rings (SSSR count). The van der Waals surface area contributed by atoms with Gasteiger partial charge in [-0.25, -0.2) is 0 Å². The fourth-order valence-electron chi connectivity index (χ4n) is 2.07. The topological polar surface area (TPSA) is 55.8 Å². The van der Waals surface area contributed by atoms with E-state index in [1.807, 2.05) is 55.1 Å². The Morgan fingerprint density at radius 1 is 1.24 bits per heavy atom. The van der Waals surface area contributed by atoms with E-state index in [1.165, 1.54) is 0 Å². The van der Waals surface area contributed by atoms with Gasteiger partial charge in [0.05, 0.1) is 12.1 Å². The first-order valence-corrected chi connectivity index (χ1v) is 7.23. The number of amides is 1. The lowest BCUT2D eigenvalue weighted by molar-refractivity contribution is -0.117. The molecule has 5 heteroatoms. The number of nitrogens with one attached hydrogen (secondary N) is 1. The number of carbonyl (C=O) groups is 1. The Labute approximate surface area is 127 Å². The molecule has 0 aromatic heterocycles.